The molecule has 1 fully saturated rings. The van der Waals surface area contributed by atoms with E-state index in [0.717, 1.165) is 11.4 Å². The highest BCUT2D eigenvalue weighted by atomic mass is 35.5. The second-order valence-corrected chi connectivity index (χ2v) is 10.2. The van der Waals surface area contributed by atoms with Crippen LogP contribution in [0.25, 0.3) is 5.69 Å². The second kappa shape index (κ2) is 6.77. The number of sulfonamides is 1. The van der Waals surface area contributed by atoms with Crippen LogP contribution in [0.4, 0.5) is 5.69 Å². The van der Waals surface area contributed by atoms with Crippen LogP contribution in [0.2, 0.25) is 10.0 Å². The Hall–Kier alpha value is -1.99. The number of hydrogen-bond acceptors (Lipinski definition) is 3. The average Bonchev–Trinajstić information content (AvgIpc) is 3.22. The van der Waals surface area contributed by atoms with Gasteiger partial charge in [0.2, 0.25) is 10.0 Å². The van der Waals surface area contributed by atoms with Gasteiger partial charge in [0.05, 0.1) is 31.9 Å². The van der Waals surface area contributed by atoms with Gasteiger partial charge in [-0.1, -0.05) is 35.3 Å². The molecule has 0 bridgehead atoms. The predicted octanol–water partition coefficient (Wildman–Crippen LogP) is 4.89. The summed E-state index contributed by atoms with van der Waals surface area (Å²) in [6, 6.07) is 16.8. The minimum Gasteiger partial charge on any atom is -0.372 e. The summed E-state index contributed by atoms with van der Waals surface area (Å²) in [7, 11) is -3.63. The molecule has 1 N–H and O–H groups in total. The van der Waals surface area contributed by atoms with E-state index in [-0.39, 0.29) is 15.5 Å². The maximum absolute atomic E-state index is 13.1. The fraction of sp³-hybridized carbons (Fsp3) is 0.238. The van der Waals surface area contributed by atoms with Gasteiger partial charge in [0.1, 0.15) is 0 Å². The quantitative estimate of drug-likeness (QED) is 0.608. The molecule has 1 spiro atoms. The Balaban J connectivity index is 1.44. The van der Waals surface area contributed by atoms with Gasteiger partial charge < -0.3 is 9.88 Å². The lowest BCUT2D eigenvalue weighted by Gasteiger charge is -2.45. The zero-order chi connectivity index (χ0) is 20.2. The molecule has 0 radical (unpaired) electrons. The van der Waals surface area contributed by atoms with Crippen LogP contribution in [-0.2, 0) is 15.6 Å². The van der Waals surface area contributed by atoms with Gasteiger partial charge in [-0.2, -0.15) is 4.31 Å². The van der Waals surface area contributed by atoms with Crippen LogP contribution in [0.3, 0.4) is 0 Å². The number of fused-ring (bicyclic) bond motifs is 4. The molecule has 8 heteroatoms. The van der Waals surface area contributed by atoms with Crippen molar-refractivity contribution < 1.29 is 8.42 Å². The summed E-state index contributed by atoms with van der Waals surface area (Å²) in [6.45, 7) is 0.839. The Bertz CT molecular complexity index is 1200. The fourth-order valence-electron chi connectivity index (χ4n) is 4.37. The smallest absolute Gasteiger partial charge is 0.243 e. The molecule has 29 heavy (non-hydrogen) atoms. The van der Waals surface area contributed by atoms with Gasteiger partial charge in [0.15, 0.2) is 0 Å². The van der Waals surface area contributed by atoms with E-state index in [1.165, 1.54) is 28.2 Å². The van der Waals surface area contributed by atoms with Gasteiger partial charge >= 0.3 is 0 Å². The third kappa shape index (κ3) is 2.97. The summed E-state index contributed by atoms with van der Waals surface area (Å²) < 4.78 is 30.0. The monoisotopic (exact) mass is 447 g/mol. The summed E-state index contributed by atoms with van der Waals surface area (Å²) >= 11 is 12.0. The van der Waals surface area contributed by atoms with E-state index in [4.69, 9.17) is 23.2 Å². The molecule has 150 valence electrons. The van der Waals surface area contributed by atoms with Crippen LogP contribution in [0.5, 0.6) is 0 Å². The van der Waals surface area contributed by atoms with E-state index in [9.17, 15) is 8.42 Å². The molecule has 0 atom stereocenters. The Morgan fingerprint density at radius 3 is 2.45 bits per heavy atom. The third-order valence-electron chi connectivity index (χ3n) is 5.88. The highest BCUT2D eigenvalue weighted by Crippen LogP contribution is 2.44. The molecule has 0 amide bonds. The lowest BCUT2D eigenvalue weighted by Crippen LogP contribution is -2.50. The number of nitrogens with one attached hydrogen (secondary N) is 1. The van der Waals surface area contributed by atoms with Crippen molar-refractivity contribution in [3.63, 3.8) is 0 Å². The number of benzene rings is 2. The number of halogens is 2. The van der Waals surface area contributed by atoms with Gasteiger partial charge in [0, 0.05) is 25.0 Å². The van der Waals surface area contributed by atoms with Gasteiger partial charge in [-0.15, -0.1) is 0 Å². The van der Waals surface area contributed by atoms with Crippen molar-refractivity contribution in [2.24, 2.45) is 0 Å². The summed E-state index contributed by atoms with van der Waals surface area (Å²) in [5.41, 5.74) is 3.06. The van der Waals surface area contributed by atoms with Crippen LogP contribution in [0, 0.1) is 0 Å². The van der Waals surface area contributed by atoms with Crippen LogP contribution < -0.4 is 5.32 Å². The van der Waals surface area contributed by atoms with Gasteiger partial charge in [-0.25, -0.2) is 8.42 Å². The zero-order valence-corrected chi connectivity index (χ0v) is 17.8. The molecule has 5 nitrogen and oxygen atoms in total. The first-order valence-electron chi connectivity index (χ1n) is 9.41. The molecule has 2 aromatic carbocycles. The van der Waals surface area contributed by atoms with Crippen molar-refractivity contribution in [1.82, 2.24) is 8.87 Å². The average molecular weight is 448 g/mol. The normalized spacial score (nSPS) is 18.1. The fourth-order valence-corrected chi connectivity index (χ4v) is 6.20. The molecule has 0 aliphatic carbocycles. The number of nitrogens with zero attached hydrogens (tertiary/aromatic N) is 2. The molecule has 1 saturated heterocycles. The molecule has 1 aromatic heterocycles. The van der Waals surface area contributed by atoms with Crippen LogP contribution in [0.15, 0.2) is 65.7 Å². The summed E-state index contributed by atoms with van der Waals surface area (Å²) in [4.78, 5) is 0.174. The molecule has 0 unspecified atom stereocenters. The Morgan fingerprint density at radius 1 is 0.931 bits per heavy atom. The largest absolute Gasteiger partial charge is 0.372 e. The van der Waals surface area contributed by atoms with E-state index >= 15 is 0 Å². The van der Waals surface area contributed by atoms with E-state index in [1.807, 2.05) is 18.2 Å². The third-order valence-corrected chi connectivity index (χ3v) is 8.52. The summed E-state index contributed by atoms with van der Waals surface area (Å²) in [5, 5.41) is 4.28. The van der Waals surface area contributed by atoms with Crippen molar-refractivity contribution in [2.45, 2.75) is 23.3 Å². The van der Waals surface area contributed by atoms with Crippen LogP contribution in [0.1, 0.15) is 18.5 Å². The van der Waals surface area contributed by atoms with E-state index in [1.54, 1.807) is 0 Å². The minimum atomic E-state index is -3.63. The zero-order valence-electron chi connectivity index (χ0n) is 15.5. The SMILES string of the molecule is O=S(=O)(c1ccc(Cl)c(Cl)c1)N1CCC2(CC1)Nc1ccccc1-n1cccc12. The first-order chi connectivity index (χ1) is 13.9. The molecular weight excluding hydrogens is 429 g/mol. The lowest BCUT2D eigenvalue weighted by atomic mass is 9.83. The number of rotatable bonds is 2. The predicted molar refractivity (Wildman–Crippen MR) is 116 cm³/mol. The van der Waals surface area contributed by atoms with Crippen molar-refractivity contribution in [2.75, 3.05) is 18.4 Å². The highest BCUT2D eigenvalue weighted by Gasteiger charge is 2.43. The van der Waals surface area contributed by atoms with Crippen molar-refractivity contribution >= 4 is 38.9 Å². The van der Waals surface area contributed by atoms with Crippen molar-refractivity contribution in [3.8, 4) is 5.69 Å². The van der Waals surface area contributed by atoms with E-state index < -0.39 is 10.0 Å². The number of anilines is 1. The number of piperidine rings is 1. The minimum absolute atomic E-state index is 0.174. The second-order valence-electron chi connectivity index (χ2n) is 7.47. The molecule has 3 aromatic rings. The van der Waals surface area contributed by atoms with Crippen LogP contribution in [-0.4, -0.2) is 30.4 Å². The standard InChI is InChI=1S/C21H19Cl2N3O2S/c22-16-8-7-15(14-17(16)23)29(27,28)25-12-9-21(10-13-25)20-6-3-11-26(20)19-5-2-1-4-18(19)24-21/h1-8,11,14,24H,9-10,12-13H2. The maximum atomic E-state index is 13.1. The lowest BCUT2D eigenvalue weighted by molar-refractivity contribution is 0.247. The van der Waals surface area contributed by atoms with Gasteiger partial charge in [-0.3, -0.25) is 0 Å². The highest BCUT2D eigenvalue weighted by molar-refractivity contribution is 7.89. The summed E-state index contributed by atoms with van der Waals surface area (Å²) in [6.07, 6.45) is 3.41. The molecule has 0 saturated carbocycles. The number of para-hydroxylation sites is 2. The van der Waals surface area contributed by atoms with E-state index in [2.05, 4.69) is 34.3 Å². The molecule has 2 aliphatic rings. The topological polar surface area (TPSA) is 54.3 Å². The van der Waals surface area contributed by atoms with Gasteiger partial charge in [-0.05, 0) is 55.3 Å². The Kier molecular flexibility index (Phi) is 4.44. The van der Waals surface area contributed by atoms with Gasteiger partial charge in [0.25, 0.3) is 0 Å². The molecule has 3 heterocycles. The Labute approximate surface area is 179 Å². The number of aromatic nitrogens is 1. The maximum Gasteiger partial charge on any atom is 0.243 e. The van der Waals surface area contributed by atoms with Crippen molar-refractivity contribution in [1.29, 1.82) is 0 Å². The molecule has 5 rings (SSSR count). The molecule has 2 aliphatic heterocycles. The van der Waals surface area contributed by atoms with E-state index in [0.29, 0.717) is 31.0 Å². The summed E-state index contributed by atoms with van der Waals surface area (Å²) in [5.74, 6) is 0. The molecular formula is C21H19Cl2N3O2S. The van der Waals surface area contributed by atoms with Crippen LogP contribution >= 0.6 is 23.2 Å². The van der Waals surface area contributed by atoms with Crippen molar-refractivity contribution in [3.05, 3.63) is 76.5 Å². The Morgan fingerprint density at radius 2 is 1.69 bits per heavy atom. The first-order valence-corrected chi connectivity index (χ1v) is 11.6. The number of hydrogen-bond donors (Lipinski definition) is 1. The first kappa shape index (κ1) is 19.0.